The summed E-state index contributed by atoms with van der Waals surface area (Å²) in [5, 5.41) is 43.8. The highest BCUT2D eigenvalue weighted by Gasteiger charge is 2.28. The summed E-state index contributed by atoms with van der Waals surface area (Å²) in [7, 11) is 0. The van der Waals surface area contributed by atoms with Gasteiger partial charge in [0.1, 0.15) is 12.2 Å². The first kappa shape index (κ1) is 58.5. The Morgan fingerprint density at radius 1 is 0.400 bits per heavy atom. The van der Waals surface area contributed by atoms with Gasteiger partial charge >= 0.3 is 0 Å². The van der Waals surface area contributed by atoms with Crippen LogP contribution in [0.15, 0.2) is 36.5 Å². The van der Waals surface area contributed by atoms with Crippen LogP contribution in [-0.4, -0.2) is 57.3 Å². The molecule has 0 rings (SSSR count). The lowest BCUT2D eigenvalue weighted by Crippen LogP contribution is -2.53. The molecule has 0 fully saturated rings. The smallest absolute Gasteiger partial charge is 0.249 e. The van der Waals surface area contributed by atoms with E-state index in [0.29, 0.717) is 19.3 Å². The second-order valence-electron chi connectivity index (χ2n) is 18.2. The van der Waals surface area contributed by atoms with Gasteiger partial charge in [-0.2, -0.15) is 0 Å². The molecular weight excluding hydrogens is 743 g/mol. The Morgan fingerprint density at radius 2 is 0.700 bits per heavy atom. The van der Waals surface area contributed by atoms with Gasteiger partial charge in [0, 0.05) is 0 Å². The Morgan fingerprint density at radius 3 is 1.05 bits per heavy atom. The van der Waals surface area contributed by atoms with Crippen LogP contribution in [0, 0.1) is 0 Å². The van der Waals surface area contributed by atoms with Crippen LogP contribution in [0.25, 0.3) is 0 Å². The van der Waals surface area contributed by atoms with E-state index in [9.17, 15) is 25.2 Å². The second kappa shape index (κ2) is 48.6. The summed E-state index contributed by atoms with van der Waals surface area (Å²) in [5.74, 6) is -0.601. The summed E-state index contributed by atoms with van der Waals surface area (Å²) >= 11 is 0. The monoisotopic (exact) mass is 846 g/mol. The number of hydrogen-bond acceptors (Lipinski definition) is 5. The summed E-state index contributed by atoms with van der Waals surface area (Å²) in [6.07, 6.45) is 59.2. The second-order valence-corrected chi connectivity index (χ2v) is 18.2. The molecule has 0 aliphatic heterocycles. The molecule has 0 spiro atoms. The zero-order valence-corrected chi connectivity index (χ0v) is 40.0. The van der Waals surface area contributed by atoms with Crippen molar-refractivity contribution in [1.29, 1.82) is 0 Å². The highest BCUT2D eigenvalue weighted by Crippen LogP contribution is 2.16. The normalized spacial score (nSPS) is 14.2. The molecule has 0 aromatic rings. The third kappa shape index (κ3) is 41.9. The van der Waals surface area contributed by atoms with E-state index in [-0.39, 0.29) is 0 Å². The zero-order valence-electron chi connectivity index (χ0n) is 40.0. The number of carbonyl (C=O) groups is 1. The summed E-state index contributed by atoms with van der Waals surface area (Å²) in [5.41, 5.74) is 0. The molecule has 0 aromatic heterocycles. The SMILES string of the molecule is CCCCCCCCCC/C=C\CCCCCCCCC(O)C(=O)NC(CO)C(O)C(O)CCC/C=C/CC/C=C/CCCCCCCCCCCCCCCCCCC. The zero-order chi connectivity index (χ0) is 43.8. The third-order valence-electron chi connectivity index (χ3n) is 12.3. The maximum atomic E-state index is 12.6. The molecule has 1 amide bonds. The van der Waals surface area contributed by atoms with Crippen molar-refractivity contribution in [3.8, 4) is 0 Å². The van der Waals surface area contributed by atoms with Gasteiger partial charge in [0.05, 0.1) is 18.8 Å². The Kier molecular flexibility index (Phi) is 47.4. The standard InChI is InChI=1S/C54H103NO5/c1-3-5-7-9-11-13-15-17-19-21-23-24-25-26-27-28-29-30-32-33-35-37-39-41-43-45-47-51(57)53(59)50(49-56)55-54(60)52(58)48-46-44-42-40-38-36-34-31-22-20-18-16-14-12-10-8-6-4-2/h22,31-33,39,41,50-53,56-59H,3-21,23-30,34-38,40,42-49H2,1-2H3,(H,55,60)/b31-22-,33-32+,41-39+. The van der Waals surface area contributed by atoms with Gasteiger partial charge in [-0.3, -0.25) is 4.79 Å². The number of hydrogen-bond donors (Lipinski definition) is 5. The third-order valence-corrected chi connectivity index (χ3v) is 12.3. The number of amides is 1. The van der Waals surface area contributed by atoms with Gasteiger partial charge in [0.25, 0.3) is 0 Å². The van der Waals surface area contributed by atoms with Gasteiger partial charge < -0.3 is 25.7 Å². The molecular formula is C54H103NO5. The van der Waals surface area contributed by atoms with Gasteiger partial charge in [-0.25, -0.2) is 0 Å². The first-order chi connectivity index (χ1) is 29.5. The average Bonchev–Trinajstić information content (AvgIpc) is 3.25. The number of rotatable bonds is 48. The van der Waals surface area contributed by atoms with Crippen LogP contribution in [0.5, 0.6) is 0 Å². The van der Waals surface area contributed by atoms with Gasteiger partial charge in [-0.15, -0.1) is 0 Å². The molecule has 0 saturated carbocycles. The largest absolute Gasteiger partial charge is 0.394 e. The average molecular weight is 846 g/mol. The minimum atomic E-state index is -1.29. The molecule has 4 unspecified atom stereocenters. The fourth-order valence-electron chi connectivity index (χ4n) is 8.12. The molecule has 4 atom stereocenters. The molecule has 0 heterocycles. The van der Waals surface area contributed by atoms with Crippen molar-refractivity contribution in [2.24, 2.45) is 0 Å². The minimum absolute atomic E-state index is 0.353. The van der Waals surface area contributed by atoms with Gasteiger partial charge in [0.2, 0.25) is 5.91 Å². The quantitative estimate of drug-likeness (QED) is 0.0309. The lowest BCUT2D eigenvalue weighted by atomic mass is 10.00. The number of carbonyl (C=O) groups excluding carboxylic acids is 1. The maximum Gasteiger partial charge on any atom is 0.249 e. The van der Waals surface area contributed by atoms with E-state index in [2.05, 4.69) is 55.6 Å². The number of unbranched alkanes of at least 4 members (excludes halogenated alkanes) is 33. The fraction of sp³-hybridized carbons (Fsp3) is 0.870. The van der Waals surface area contributed by atoms with Crippen molar-refractivity contribution in [2.75, 3.05) is 6.61 Å². The number of aliphatic hydroxyl groups excluding tert-OH is 4. The van der Waals surface area contributed by atoms with E-state index < -0.39 is 36.9 Å². The van der Waals surface area contributed by atoms with Crippen molar-refractivity contribution < 1.29 is 25.2 Å². The first-order valence-electron chi connectivity index (χ1n) is 26.4. The van der Waals surface area contributed by atoms with Crippen molar-refractivity contribution >= 4 is 5.91 Å². The Bertz CT molecular complexity index is 950. The molecule has 0 radical (unpaired) electrons. The van der Waals surface area contributed by atoms with E-state index in [0.717, 1.165) is 51.4 Å². The van der Waals surface area contributed by atoms with Crippen molar-refractivity contribution in [1.82, 2.24) is 5.32 Å². The minimum Gasteiger partial charge on any atom is -0.394 e. The van der Waals surface area contributed by atoms with Crippen LogP contribution < -0.4 is 5.32 Å². The molecule has 6 heteroatoms. The lowest BCUT2D eigenvalue weighted by Gasteiger charge is -2.27. The molecule has 6 nitrogen and oxygen atoms in total. The number of allylic oxidation sites excluding steroid dienone is 6. The molecule has 5 N–H and O–H groups in total. The summed E-state index contributed by atoms with van der Waals surface area (Å²) in [4.78, 5) is 12.6. The molecule has 60 heavy (non-hydrogen) atoms. The predicted octanol–water partition coefficient (Wildman–Crippen LogP) is 14.9. The van der Waals surface area contributed by atoms with Crippen LogP contribution in [0.3, 0.4) is 0 Å². The van der Waals surface area contributed by atoms with Crippen LogP contribution in [-0.2, 0) is 4.79 Å². The van der Waals surface area contributed by atoms with Crippen LogP contribution in [0.2, 0.25) is 0 Å². The van der Waals surface area contributed by atoms with E-state index in [1.165, 1.54) is 186 Å². The highest BCUT2D eigenvalue weighted by atomic mass is 16.3. The van der Waals surface area contributed by atoms with Crippen LogP contribution in [0.4, 0.5) is 0 Å². The maximum absolute atomic E-state index is 12.6. The molecule has 0 aliphatic rings. The molecule has 354 valence electrons. The lowest BCUT2D eigenvalue weighted by molar-refractivity contribution is -0.132. The molecule has 0 bridgehead atoms. The van der Waals surface area contributed by atoms with Crippen LogP contribution in [0.1, 0.15) is 271 Å². The van der Waals surface area contributed by atoms with Gasteiger partial charge in [-0.05, 0) is 77.0 Å². The van der Waals surface area contributed by atoms with E-state index in [4.69, 9.17) is 0 Å². The Labute approximate surface area is 373 Å². The fourth-order valence-corrected chi connectivity index (χ4v) is 8.12. The summed E-state index contributed by atoms with van der Waals surface area (Å²) < 4.78 is 0. The van der Waals surface area contributed by atoms with Crippen molar-refractivity contribution in [2.45, 2.75) is 295 Å². The van der Waals surface area contributed by atoms with Crippen molar-refractivity contribution in [3.05, 3.63) is 36.5 Å². The van der Waals surface area contributed by atoms with Gasteiger partial charge in [0.15, 0.2) is 0 Å². The number of nitrogens with one attached hydrogen (secondary N) is 1. The van der Waals surface area contributed by atoms with Crippen molar-refractivity contribution in [3.63, 3.8) is 0 Å². The Balaban J connectivity index is 3.72. The molecule has 0 saturated heterocycles. The molecule has 0 aliphatic carbocycles. The molecule has 0 aromatic carbocycles. The Hall–Kier alpha value is -1.47. The first-order valence-corrected chi connectivity index (χ1v) is 26.4. The summed E-state index contributed by atoms with van der Waals surface area (Å²) in [6, 6.07) is -1.01. The van der Waals surface area contributed by atoms with Gasteiger partial charge in [-0.1, -0.05) is 230 Å². The van der Waals surface area contributed by atoms with Crippen LogP contribution >= 0.6 is 0 Å². The number of aliphatic hydroxyl groups is 4. The van der Waals surface area contributed by atoms with E-state index >= 15 is 0 Å². The topological polar surface area (TPSA) is 110 Å². The predicted molar refractivity (Wildman–Crippen MR) is 260 cm³/mol. The summed E-state index contributed by atoms with van der Waals surface area (Å²) in [6.45, 7) is 4.06. The van der Waals surface area contributed by atoms with E-state index in [1.54, 1.807) is 0 Å². The van der Waals surface area contributed by atoms with E-state index in [1.807, 2.05) is 0 Å². The highest BCUT2D eigenvalue weighted by molar-refractivity contribution is 5.80.